The molecule has 2 amide bonds. The van der Waals surface area contributed by atoms with E-state index in [0.717, 1.165) is 5.75 Å². The molecule has 1 aliphatic rings. The van der Waals surface area contributed by atoms with Gasteiger partial charge < -0.3 is 4.74 Å². The van der Waals surface area contributed by atoms with Crippen molar-refractivity contribution in [2.75, 3.05) is 19.7 Å². The molecule has 0 aromatic heterocycles. The van der Waals surface area contributed by atoms with E-state index < -0.39 is 0 Å². The van der Waals surface area contributed by atoms with Crippen LogP contribution in [0.4, 0.5) is 0 Å². The molecule has 5 nitrogen and oxygen atoms in total. The highest BCUT2D eigenvalue weighted by Gasteiger charge is 2.32. The van der Waals surface area contributed by atoms with Gasteiger partial charge in [0.15, 0.2) is 0 Å². The van der Waals surface area contributed by atoms with Gasteiger partial charge in [0.05, 0.1) is 19.1 Å². The number of para-hydroxylation sites is 1. The summed E-state index contributed by atoms with van der Waals surface area (Å²) in [5, 5.41) is 2.92. The minimum atomic E-state index is -0.255. The first-order valence-corrected chi connectivity index (χ1v) is 6.47. The van der Waals surface area contributed by atoms with Gasteiger partial charge in [-0.05, 0) is 18.6 Å². The van der Waals surface area contributed by atoms with E-state index >= 15 is 0 Å². The molecule has 2 rings (SSSR count). The van der Waals surface area contributed by atoms with Gasteiger partial charge in [0.1, 0.15) is 12.4 Å². The minimum absolute atomic E-state index is 0.157. The Balaban J connectivity index is 1.87. The Hall–Kier alpha value is -1.88. The van der Waals surface area contributed by atoms with Gasteiger partial charge in [-0.2, -0.15) is 0 Å². The topological polar surface area (TPSA) is 58.6 Å². The smallest absolute Gasteiger partial charge is 0.246 e. The molecule has 1 aromatic carbocycles. The summed E-state index contributed by atoms with van der Waals surface area (Å²) in [5.74, 6) is 0.395. The zero-order chi connectivity index (χ0) is 13.7. The van der Waals surface area contributed by atoms with E-state index in [-0.39, 0.29) is 24.4 Å². The number of ether oxygens (including phenoxy) is 1. The van der Waals surface area contributed by atoms with Crippen molar-refractivity contribution in [3.8, 4) is 5.75 Å². The Morgan fingerprint density at radius 2 is 2.05 bits per heavy atom. The van der Waals surface area contributed by atoms with Crippen molar-refractivity contribution < 1.29 is 14.3 Å². The molecule has 102 valence electrons. The molecule has 1 saturated heterocycles. The van der Waals surface area contributed by atoms with Crippen molar-refractivity contribution in [1.82, 2.24) is 10.2 Å². The van der Waals surface area contributed by atoms with E-state index in [9.17, 15) is 9.59 Å². The second kappa shape index (κ2) is 6.33. The number of nitrogens with zero attached hydrogens (tertiary/aromatic N) is 1. The number of rotatable bonds is 5. The largest absolute Gasteiger partial charge is 0.492 e. The van der Waals surface area contributed by atoms with Crippen LogP contribution < -0.4 is 10.1 Å². The summed E-state index contributed by atoms with van der Waals surface area (Å²) in [6.07, 6.45) is 0.683. The Morgan fingerprint density at radius 1 is 1.32 bits per heavy atom. The highest BCUT2D eigenvalue weighted by molar-refractivity contribution is 6.01. The monoisotopic (exact) mass is 262 g/mol. The van der Waals surface area contributed by atoms with Crippen molar-refractivity contribution in [2.45, 2.75) is 19.4 Å². The lowest BCUT2D eigenvalue weighted by Crippen LogP contribution is -2.58. The van der Waals surface area contributed by atoms with Crippen LogP contribution in [0.2, 0.25) is 0 Å². The van der Waals surface area contributed by atoms with Crippen LogP contribution in [0, 0.1) is 0 Å². The molecule has 1 N–H and O–H groups in total. The second-order valence-corrected chi connectivity index (χ2v) is 4.39. The fourth-order valence-electron chi connectivity index (χ4n) is 2.03. The van der Waals surface area contributed by atoms with Gasteiger partial charge >= 0.3 is 0 Å². The van der Waals surface area contributed by atoms with E-state index in [2.05, 4.69) is 5.32 Å². The third-order valence-corrected chi connectivity index (χ3v) is 3.10. The maximum Gasteiger partial charge on any atom is 0.246 e. The number of amides is 2. The van der Waals surface area contributed by atoms with Gasteiger partial charge in [0.2, 0.25) is 11.8 Å². The summed E-state index contributed by atoms with van der Waals surface area (Å²) < 4.78 is 5.51. The second-order valence-electron chi connectivity index (χ2n) is 4.39. The number of benzene rings is 1. The Morgan fingerprint density at radius 3 is 2.74 bits per heavy atom. The van der Waals surface area contributed by atoms with E-state index in [1.165, 1.54) is 4.90 Å². The van der Waals surface area contributed by atoms with Crippen LogP contribution in [0.15, 0.2) is 30.3 Å². The van der Waals surface area contributed by atoms with Crippen LogP contribution >= 0.6 is 0 Å². The molecule has 0 radical (unpaired) electrons. The molecular formula is C14H18N2O3. The number of carbonyl (C=O) groups excluding carboxylic acids is 2. The average Bonchev–Trinajstić information content (AvgIpc) is 2.44. The van der Waals surface area contributed by atoms with E-state index in [1.807, 2.05) is 37.3 Å². The van der Waals surface area contributed by atoms with Crippen molar-refractivity contribution in [2.24, 2.45) is 0 Å². The molecule has 1 heterocycles. The van der Waals surface area contributed by atoms with Crippen LogP contribution in [0.3, 0.4) is 0 Å². The molecule has 0 bridgehead atoms. The fourth-order valence-corrected chi connectivity index (χ4v) is 2.03. The minimum Gasteiger partial charge on any atom is -0.492 e. The van der Waals surface area contributed by atoms with Crippen molar-refractivity contribution in [1.29, 1.82) is 0 Å². The molecule has 1 unspecified atom stereocenters. The van der Waals surface area contributed by atoms with Crippen molar-refractivity contribution >= 4 is 11.8 Å². The first-order valence-electron chi connectivity index (χ1n) is 6.47. The molecule has 0 spiro atoms. The zero-order valence-electron chi connectivity index (χ0n) is 11.0. The molecule has 1 atom stereocenters. The quantitative estimate of drug-likeness (QED) is 0.798. The van der Waals surface area contributed by atoms with Crippen LogP contribution in [0.25, 0.3) is 0 Å². The van der Waals surface area contributed by atoms with Crippen LogP contribution in [-0.2, 0) is 9.59 Å². The first kappa shape index (κ1) is 13.5. The Kier molecular flexibility index (Phi) is 4.52. The number of hydrogen-bond acceptors (Lipinski definition) is 4. The van der Waals surface area contributed by atoms with E-state index in [4.69, 9.17) is 4.74 Å². The summed E-state index contributed by atoms with van der Waals surface area (Å²) in [4.78, 5) is 25.0. The van der Waals surface area contributed by atoms with E-state index in [1.54, 1.807) is 0 Å². The maximum absolute atomic E-state index is 12.0. The molecular weight excluding hydrogens is 244 g/mol. The summed E-state index contributed by atoms with van der Waals surface area (Å²) >= 11 is 0. The van der Waals surface area contributed by atoms with Crippen LogP contribution in [-0.4, -0.2) is 42.5 Å². The normalized spacial score (nSPS) is 19.6. The highest BCUT2D eigenvalue weighted by atomic mass is 16.5. The predicted octanol–water partition coefficient (Wildman–Crippen LogP) is 0.802. The molecule has 1 fully saturated rings. The van der Waals surface area contributed by atoms with E-state index in [0.29, 0.717) is 19.6 Å². The molecule has 0 saturated carbocycles. The van der Waals surface area contributed by atoms with Gasteiger partial charge in [-0.3, -0.25) is 19.8 Å². The molecule has 5 heteroatoms. The zero-order valence-corrected chi connectivity index (χ0v) is 11.0. The molecule has 19 heavy (non-hydrogen) atoms. The van der Waals surface area contributed by atoms with Crippen LogP contribution in [0.5, 0.6) is 5.75 Å². The highest BCUT2D eigenvalue weighted by Crippen LogP contribution is 2.09. The lowest BCUT2D eigenvalue weighted by molar-refractivity contribution is -0.149. The summed E-state index contributed by atoms with van der Waals surface area (Å²) in [6.45, 7) is 2.75. The number of hydrogen-bond donors (Lipinski definition) is 1. The Bertz CT molecular complexity index is 447. The van der Waals surface area contributed by atoms with Gasteiger partial charge in [-0.25, -0.2) is 0 Å². The summed E-state index contributed by atoms with van der Waals surface area (Å²) in [6, 6.07) is 9.09. The first-order chi connectivity index (χ1) is 9.22. The number of carbonyl (C=O) groups is 2. The number of nitrogens with one attached hydrogen (secondary N) is 1. The summed E-state index contributed by atoms with van der Waals surface area (Å²) in [5.41, 5.74) is 0. The molecule has 1 aromatic rings. The average molecular weight is 262 g/mol. The number of piperazine rings is 1. The fraction of sp³-hybridized carbons (Fsp3) is 0.429. The standard InChI is InChI=1S/C14H18N2O3/c1-2-12-14(18)16(13(17)10-15-12)8-9-19-11-6-4-3-5-7-11/h3-7,12,15H,2,8-10H2,1H3. The van der Waals surface area contributed by atoms with Crippen molar-refractivity contribution in [3.05, 3.63) is 30.3 Å². The van der Waals surface area contributed by atoms with Crippen LogP contribution in [0.1, 0.15) is 13.3 Å². The van der Waals surface area contributed by atoms with Gasteiger partial charge in [0.25, 0.3) is 0 Å². The Labute approximate surface area is 112 Å². The number of imide groups is 1. The third kappa shape index (κ3) is 3.32. The SMILES string of the molecule is CCC1NCC(=O)N(CCOc2ccccc2)C1=O. The maximum atomic E-state index is 12.0. The van der Waals surface area contributed by atoms with Gasteiger partial charge in [-0.15, -0.1) is 0 Å². The molecule has 1 aliphatic heterocycles. The lowest BCUT2D eigenvalue weighted by atomic mass is 10.1. The lowest BCUT2D eigenvalue weighted by Gasteiger charge is -2.30. The van der Waals surface area contributed by atoms with Crippen molar-refractivity contribution in [3.63, 3.8) is 0 Å². The van der Waals surface area contributed by atoms with Gasteiger partial charge in [-0.1, -0.05) is 25.1 Å². The third-order valence-electron chi connectivity index (χ3n) is 3.10. The molecule has 0 aliphatic carbocycles. The predicted molar refractivity (Wildman–Crippen MR) is 70.7 cm³/mol. The summed E-state index contributed by atoms with van der Waals surface area (Å²) in [7, 11) is 0. The van der Waals surface area contributed by atoms with Gasteiger partial charge in [0, 0.05) is 0 Å².